The average Bonchev–Trinajstić information content (AvgIpc) is 3.79. The van der Waals surface area contributed by atoms with Crippen molar-refractivity contribution in [2.24, 2.45) is 5.16 Å². The van der Waals surface area contributed by atoms with Crippen molar-refractivity contribution in [3.05, 3.63) is 60.4 Å². The Balaban J connectivity index is 1.21. The topological polar surface area (TPSA) is 171 Å². The van der Waals surface area contributed by atoms with E-state index in [0.717, 1.165) is 0 Å². The summed E-state index contributed by atoms with van der Waals surface area (Å²) in [6.07, 6.45) is 2.17. The number of halogens is 1. The molecule has 0 aliphatic carbocycles. The first-order chi connectivity index (χ1) is 21.1. The number of aliphatic carboxylic acids is 1. The number of carboxylic acid groups (broad SMARTS) is 1. The zero-order valence-corrected chi connectivity index (χ0v) is 24.1. The summed E-state index contributed by atoms with van der Waals surface area (Å²) < 4.78 is 32.4. The second kappa shape index (κ2) is 12.6. The van der Waals surface area contributed by atoms with Crippen molar-refractivity contribution in [3.8, 4) is 11.1 Å². The molecule has 15 nitrogen and oxygen atoms in total. The van der Waals surface area contributed by atoms with Crippen LogP contribution in [0.3, 0.4) is 0 Å². The van der Waals surface area contributed by atoms with Crippen LogP contribution < -0.4 is 4.90 Å². The number of hydrogen-bond donors (Lipinski definition) is 1. The minimum Gasteiger partial charge on any atom is -0.479 e. The quantitative estimate of drug-likeness (QED) is 0.338. The van der Waals surface area contributed by atoms with Gasteiger partial charge in [-0.1, -0.05) is 16.4 Å². The number of carbonyl (C=O) groups excluding carboxylic acids is 2. The predicted octanol–water partition coefficient (Wildman–Crippen LogP) is 2.56. The van der Waals surface area contributed by atoms with E-state index in [2.05, 4.69) is 25.2 Å². The third-order valence-electron chi connectivity index (χ3n) is 7.39. The Hall–Kier alpha value is -5.12. The molecule has 4 heterocycles. The Kier molecular flexibility index (Phi) is 8.71. The molecule has 1 unspecified atom stereocenters. The lowest BCUT2D eigenvalue weighted by molar-refractivity contribution is -0.183. The zero-order valence-electron chi connectivity index (χ0n) is 24.1. The molecule has 3 atom stereocenters. The molecule has 0 bridgehead atoms. The number of methoxy groups -OCH3 is 1. The molecule has 5 rings (SSSR count). The number of likely N-dealkylation sites (N-methyl/N-ethyl adjacent to an activating group) is 1. The molecule has 2 aliphatic heterocycles. The third kappa shape index (κ3) is 6.29. The number of carboxylic acids is 1. The van der Waals surface area contributed by atoms with Crippen LogP contribution in [-0.2, 0) is 30.4 Å². The first-order valence-electron chi connectivity index (χ1n) is 13.6. The fraction of sp³-hybridized carbons (Fsp3) is 0.393. The van der Waals surface area contributed by atoms with E-state index in [1.807, 2.05) is 0 Å². The lowest BCUT2D eigenvalue weighted by Crippen LogP contribution is -2.50. The minimum absolute atomic E-state index is 0.0799. The molecule has 2 aliphatic rings. The number of hydrogen-bond acceptors (Lipinski definition) is 11. The Morgan fingerprint density at radius 3 is 2.75 bits per heavy atom. The van der Waals surface area contributed by atoms with Crippen molar-refractivity contribution in [3.63, 3.8) is 0 Å². The number of pyridine rings is 1. The normalized spacial score (nSPS) is 19.1. The van der Waals surface area contributed by atoms with E-state index >= 15 is 4.39 Å². The number of aromatic nitrogens is 4. The Morgan fingerprint density at radius 1 is 1.27 bits per heavy atom. The molecule has 2 aromatic heterocycles. The molecule has 0 radical (unpaired) electrons. The molecule has 1 aromatic carbocycles. The fourth-order valence-electron chi connectivity index (χ4n) is 4.75. The number of ether oxygens (including phenoxy) is 3. The van der Waals surface area contributed by atoms with Crippen molar-refractivity contribution >= 4 is 29.6 Å². The van der Waals surface area contributed by atoms with Crippen LogP contribution in [0.15, 0.2) is 54.1 Å². The third-order valence-corrected chi connectivity index (χ3v) is 7.39. The van der Waals surface area contributed by atoms with Gasteiger partial charge >= 0.3 is 18.2 Å². The molecule has 232 valence electrons. The van der Waals surface area contributed by atoms with Gasteiger partial charge in [-0.3, -0.25) is 9.88 Å². The number of anilines is 1. The fourth-order valence-corrected chi connectivity index (χ4v) is 4.75. The molecular formula is C28H30FN7O8. The molecule has 1 saturated heterocycles. The van der Waals surface area contributed by atoms with Gasteiger partial charge in [-0.05, 0) is 31.2 Å². The smallest absolute Gasteiger partial charge is 0.414 e. The summed E-state index contributed by atoms with van der Waals surface area (Å²) in [5.74, 6) is -1.81. The molecule has 44 heavy (non-hydrogen) atoms. The van der Waals surface area contributed by atoms with Crippen LogP contribution in [0, 0.1) is 5.82 Å². The van der Waals surface area contributed by atoms with E-state index in [4.69, 9.17) is 14.3 Å². The van der Waals surface area contributed by atoms with Crippen LogP contribution >= 0.6 is 0 Å². The van der Waals surface area contributed by atoms with E-state index in [0.29, 0.717) is 29.2 Å². The van der Waals surface area contributed by atoms with Crippen molar-refractivity contribution < 1.29 is 42.9 Å². The summed E-state index contributed by atoms with van der Waals surface area (Å²) in [7, 11) is 2.74. The molecular weight excluding hydrogens is 581 g/mol. The largest absolute Gasteiger partial charge is 0.479 e. The number of carbonyl (C=O) groups is 3. The summed E-state index contributed by atoms with van der Waals surface area (Å²) in [6, 6.07) is 7.73. The SMILES string of the molecule is COC(=O)N(C)CCOC(C)(C(=O)O)[C@@H]1CC(c2ccc(-c3ccc(N4C[C@H](Cn5ccnn5)OC4=O)cc3F)cn2)=NO1. The first-order valence-corrected chi connectivity index (χ1v) is 13.6. The van der Waals surface area contributed by atoms with E-state index in [9.17, 15) is 19.5 Å². The highest BCUT2D eigenvalue weighted by Gasteiger charge is 2.48. The monoisotopic (exact) mass is 611 g/mol. The number of amides is 2. The summed E-state index contributed by atoms with van der Waals surface area (Å²) in [5, 5.41) is 21.5. The minimum atomic E-state index is -1.76. The molecule has 0 saturated carbocycles. The van der Waals surface area contributed by atoms with Gasteiger partial charge in [-0.25, -0.2) is 23.5 Å². The predicted molar refractivity (Wildman–Crippen MR) is 150 cm³/mol. The summed E-state index contributed by atoms with van der Waals surface area (Å²) in [4.78, 5) is 48.5. The molecule has 0 spiro atoms. The number of oxime groups is 1. The Labute approximate surface area is 250 Å². The van der Waals surface area contributed by atoms with Gasteiger partial charge in [0.1, 0.15) is 17.6 Å². The van der Waals surface area contributed by atoms with Crippen molar-refractivity contribution in [2.75, 3.05) is 38.8 Å². The molecule has 16 heteroatoms. The van der Waals surface area contributed by atoms with Gasteiger partial charge in [0.2, 0.25) is 5.60 Å². The number of nitrogens with zero attached hydrogens (tertiary/aromatic N) is 7. The van der Waals surface area contributed by atoms with Gasteiger partial charge in [0.25, 0.3) is 0 Å². The van der Waals surface area contributed by atoms with Crippen LogP contribution in [-0.4, -0.2) is 106 Å². The number of cyclic esters (lactones) is 1. The average molecular weight is 612 g/mol. The molecule has 1 N–H and O–H groups in total. The highest BCUT2D eigenvalue weighted by Crippen LogP contribution is 2.31. The van der Waals surface area contributed by atoms with Crippen molar-refractivity contribution in [1.82, 2.24) is 24.9 Å². The maximum absolute atomic E-state index is 15.2. The highest BCUT2D eigenvalue weighted by molar-refractivity contribution is 6.00. The lowest BCUT2D eigenvalue weighted by Gasteiger charge is -2.30. The highest BCUT2D eigenvalue weighted by atomic mass is 19.1. The van der Waals surface area contributed by atoms with Crippen LogP contribution in [0.5, 0.6) is 0 Å². The second-order valence-corrected chi connectivity index (χ2v) is 10.3. The number of benzene rings is 1. The van der Waals surface area contributed by atoms with Gasteiger partial charge in [0.05, 0.1) is 44.4 Å². The van der Waals surface area contributed by atoms with Crippen LogP contribution in [0.25, 0.3) is 11.1 Å². The summed E-state index contributed by atoms with van der Waals surface area (Å²) in [6.45, 7) is 1.95. The molecule has 3 aromatic rings. The van der Waals surface area contributed by atoms with E-state index in [1.165, 1.54) is 49.3 Å². The number of rotatable bonds is 11. The summed E-state index contributed by atoms with van der Waals surface area (Å²) >= 11 is 0. The van der Waals surface area contributed by atoms with Crippen LogP contribution in [0.2, 0.25) is 0 Å². The zero-order chi connectivity index (χ0) is 31.4. The van der Waals surface area contributed by atoms with Crippen molar-refractivity contribution in [1.29, 1.82) is 0 Å². The lowest BCUT2D eigenvalue weighted by atomic mass is 9.94. The van der Waals surface area contributed by atoms with E-state index < -0.39 is 41.8 Å². The van der Waals surface area contributed by atoms with Gasteiger partial charge in [-0.2, -0.15) is 0 Å². The Morgan fingerprint density at radius 2 is 2.09 bits per heavy atom. The van der Waals surface area contributed by atoms with Crippen LogP contribution in [0.1, 0.15) is 19.0 Å². The second-order valence-electron chi connectivity index (χ2n) is 10.3. The standard InChI is InChI=1S/C28H30FN7O8/c1-28(25(37)38,42-11-10-34(2)26(39)41-3)24-13-23(32-44-24)22-7-4-17(14-30-22)20-6-5-18(12-21(20)29)36-16-19(43-27(36)40)15-35-9-8-31-33-35/h4-9,12,14,19,24H,10-11,13,15-16H2,1-3H3,(H,37,38)/t19-,24-,28?/m0/s1. The van der Waals surface area contributed by atoms with E-state index in [1.54, 1.807) is 35.1 Å². The molecule has 2 amide bonds. The maximum atomic E-state index is 15.2. The maximum Gasteiger partial charge on any atom is 0.414 e. The van der Waals surface area contributed by atoms with Crippen molar-refractivity contribution in [2.45, 2.75) is 37.7 Å². The van der Waals surface area contributed by atoms with Crippen LogP contribution in [0.4, 0.5) is 19.7 Å². The van der Waals surface area contributed by atoms with Gasteiger partial charge in [-0.15, -0.1) is 5.10 Å². The first kappa shape index (κ1) is 30.3. The van der Waals surface area contributed by atoms with Gasteiger partial charge < -0.3 is 29.1 Å². The Bertz CT molecular complexity index is 1550. The van der Waals surface area contributed by atoms with Gasteiger partial charge in [0, 0.05) is 43.5 Å². The summed E-state index contributed by atoms with van der Waals surface area (Å²) in [5.41, 5.74) is 0.163. The van der Waals surface area contributed by atoms with Gasteiger partial charge in [0.15, 0.2) is 6.10 Å². The molecule has 1 fully saturated rings. The van der Waals surface area contributed by atoms with E-state index in [-0.39, 0.29) is 31.7 Å².